The second-order valence-corrected chi connectivity index (χ2v) is 4.05. The third-order valence-electron chi connectivity index (χ3n) is 2.79. The lowest BCUT2D eigenvalue weighted by atomic mass is 10.0. The summed E-state index contributed by atoms with van der Waals surface area (Å²) in [7, 11) is 0. The van der Waals surface area contributed by atoms with Crippen LogP contribution in [0.1, 0.15) is 0 Å². The van der Waals surface area contributed by atoms with Crippen molar-refractivity contribution >= 4 is 11.6 Å². The Bertz CT molecular complexity index is 608. The molecule has 3 nitrogen and oxygen atoms in total. The van der Waals surface area contributed by atoms with Crippen LogP contribution < -0.4 is 10.1 Å². The molecule has 0 saturated heterocycles. The standard InChI is InChI=1S/C14H10FNO2/c15-11-4-1-9(2-5-11)10-3-6-13-12(7-10)16-14(17)8-18-13/h1-7H,8H2,(H,16,17). The van der Waals surface area contributed by atoms with Gasteiger partial charge in [-0.3, -0.25) is 4.79 Å². The molecule has 0 spiro atoms. The summed E-state index contributed by atoms with van der Waals surface area (Å²) in [6, 6.07) is 11.7. The van der Waals surface area contributed by atoms with Gasteiger partial charge in [-0.05, 0) is 35.4 Å². The molecule has 0 radical (unpaired) electrons. The van der Waals surface area contributed by atoms with E-state index in [1.165, 1.54) is 12.1 Å². The maximum Gasteiger partial charge on any atom is 0.262 e. The Morgan fingerprint density at radius 2 is 1.78 bits per heavy atom. The van der Waals surface area contributed by atoms with E-state index in [1.807, 2.05) is 12.1 Å². The smallest absolute Gasteiger partial charge is 0.262 e. The number of carbonyl (C=O) groups is 1. The Labute approximate surface area is 103 Å². The highest BCUT2D eigenvalue weighted by molar-refractivity contribution is 5.96. The van der Waals surface area contributed by atoms with Gasteiger partial charge in [-0.1, -0.05) is 18.2 Å². The first-order valence-corrected chi connectivity index (χ1v) is 5.55. The van der Waals surface area contributed by atoms with Crippen molar-refractivity contribution in [2.24, 2.45) is 0 Å². The molecule has 1 heterocycles. The Hall–Kier alpha value is -2.36. The maximum atomic E-state index is 12.8. The highest BCUT2D eigenvalue weighted by atomic mass is 19.1. The van der Waals surface area contributed by atoms with Gasteiger partial charge in [0.05, 0.1) is 5.69 Å². The Morgan fingerprint density at radius 1 is 1.06 bits per heavy atom. The van der Waals surface area contributed by atoms with Crippen LogP contribution in [0, 0.1) is 5.82 Å². The zero-order valence-electron chi connectivity index (χ0n) is 9.44. The summed E-state index contributed by atoms with van der Waals surface area (Å²) in [5.41, 5.74) is 2.44. The highest BCUT2D eigenvalue weighted by Gasteiger charge is 2.16. The van der Waals surface area contributed by atoms with Crippen LogP contribution in [-0.2, 0) is 4.79 Å². The largest absolute Gasteiger partial charge is 0.482 e. The molecule has 1 aliphatic heterocycles. The van der Waals surface area contributed by atoms with Gasteiger partial charge >= 0.3 is 0 Å². The number of ether oxygens (including phenoxy) is 1. The molecule has 90 valence electrons. The van der Waals surface area contributed by atoms with Gasteiger partial charge in [-0.15, -0.1) is 0 Å². The van der Waals surface area contributed by atoms with Crippen molar-refractivity contribution in [2.75, 3.05) is 11.9 Å². The zero-order chi connectivity index (χ0) is 12.5. The number of hydrogen-bond acceptors (Lipinski definition) is 2. The Balaban J connectivity index is 2.01. The summed E-state index contributed by atoms with van der Waals surface area (Å²) in [4.78, 5) is 11.2. The molecule has 1 aliphatic rings. The molecule has 0 aliphatic carbocycles. The van der Waals surface area contributed by atoms with Gasteiger partial charge in [-0.2, -0.15) is 0 Å². The van der Waals surface area contributed by atoms with Crippen molar-refractivity contribution in [3.8, 4) is 16.9 Å². The number of halogens is 1. The average molecular weight is 243 g/mol. The van der Waals surface area contributed by atoms with Crippen LogP contribution in [-0.4, -0.2) is 12.5 Å². The molecule has 0 aromatic heterocycles. The number of fused-ring (bicyclic) bond motifs is 1. The van der Waals surface area contributed by atoms with E-state index in [0.717, 1.165) is 11.1 Å². The van der Waals surface area contributed by atoms with Gasteiger partial charge in [0.25, 0.3) is 5.91 Å². The monoisotopic (exact) mass is 243 g/mol. The van der Waals surface area contributed by atoms with E-state index in [4.69, 9.17) is 4.74 Å². The van der Waals surface area contributed by atoms with Crippen molar-refractivity contribution in [1.82, 2.24) is 0 Å². The first kappa shape index (κ1) is 10.8. The summed E-state index contributed by atoms with van der Waals surface area (Å²) >= 11 is 0. The van der Waals surface area contributed by atoms with Gasteiger partial charge in [-0.25, -0.2) is 4.39 Å². The lowest BCUT2D eigenvalue weighted by molar-refractivity contribution is -0.118. The molecule has 0 atom stereocenters. The summed E-state index contributed by atoms with van der Waals surface area (Å²) < 4.78 is 18.1. The van der Waals surface area contributed by atoms with Crippen LogP contribution in [0.25, 0.3) is 11.1 Å². The van der Waals surface area contributed by atoms with E-state index in [0.29, 0.717) is 11.4 Å². The quantitative estimate of drug-likeness (QED) is 0.836. The van der Waals surface area contributed by atoms with E-state index in [2.05, 4.69) is 5.32 Å². The maximum absolute atomic E-state index is 12.8. The summed E-state index contributed by atoms with van der Waals surface area (Å²) in [6.45, 7) is 0.0445. The molecule has 0 fully saturated rings. The van der Waals surface area contributed by atoms with E-state index >= 15 is 0 Å². The number of nitrogens with one attached hydrogen (secondary N) is 1. The Morgan fingerprint density at radius 3 is 2.56 bits per heavy atom. The molecule has 0 saturated carbocycles. The molecule has 0 unspecified atom stereocenters. The molecular weight excluding hydrogens is 233 g/mol. The van der Waals surface area contributed by atoms with Crippen LogP contribution in [0.2, 0.25) is 0 Å². The molecule has 2 aromatic rings. The summed E-state index contributed by atoms with van der Waals surface area (Å²) in [5.74, 6) is 0.215. The normalized spacial score (nSPS) is 13.5. The molecular formula is C14H10FNO2. The lowest BCUT2D eigenvalue weighted by Crippen LogP contribution is -2.25. The molecule has 1 N–H and O–H groups in total. The molecule has 4 heteroatoms. The fourth-order valence-electron chi connectivity index (χ4n) is 1.91. The topological polar surface area (TPSA) is 38.3 Å². The van der Waals surface area contributed by atoms with E-state index < -0.39 is 0 Å². The van der Waals surface area contributed by atoms with Crippen LogP contribution in [0.5, 0.6) is 5.75 Å². The van der Waals surface area contributed by atoms with E-state index in [1.54, 1.807) is 18.2 Å². The van der Waals surface area contributed by atoms with E-state index in [-0.39, 0.29) is 18.3 Å². The van der Waals surface area contributed by atoms with E-state index in [9.17, 15) is 9.18 Å². The summed E-state index contributed by atoms with van der Waals surface area (Å²) in [5, 5.41) is 2.74. The summed E-state index contributed by atoms with van der Waals surface area (Å²) in [6.07, 6.45) is 0. The molecule has 0 bridgehead atoms. The predicted octanol–water partition coefficient (Wildman–Crippen LogP) is 2.82. The minimum absolute atomic E-state index is 0.0445. The fraction of sp³-hybridized carbons (Fsp3) is 0.0714. The number of anilines is 1. The minimum atomic E-state index is -0.270. The second-order valence-electron chi connectivity index (χ2n) is 4.05. The second kappa shape index (κ2) is 4.14. The fourth-order valence-corrected chi connectivity index (χ4v) is 1.91. The van der Waals surface area contributed by atoms with Gasteiger partial charge in [0.1, 0.15) is 11.6 Å². The lowest BCUT2D eigenvalue weighted by Gasteiger charge is -2.18. The first-order valence-electron chi connectivity index (χ1n) is 5.55. The number of carbonyl (C=O) groups excluding carboxylic acids is 1. The number of amides is 1. The Kier molecular flexibility index (Phi) is 2.48. The van der Waals surface area contributed by atoms with Crippen LogP contribution in [0.4, 0.5) is 10.1 Å². The predicted molar refractivity (Wildman–Crippen MR) is 66.0 cm³/mol. The van der Waals surface area contributed by atoms with Crippen molar-refractivity contribution < 1.29 is 13.9 Å². The number of hydrogen-bond donors (Lipinski definition) is 1. The first-order chi connectivity index (χ1) is 8.72. The van der Waals surface area contributed by atoms with Gasteiger partial charge in [0.15, 0.2) is 6.61 Å². The SMILES string of the molecule is O=C1COc2ccc(-c3ccc(F)cc3)cc2N1. The van der Waals surface area contributed by atoms with Crippen molar-refractivity contribution in [1.29, 1.82) is 0 Å². The van der Waals surface area contributed by atoms with Crippen LogP contribution in [0.3, 0.4) is 0 Å². The molecule has 1 amide bonds. The zero-order valence-corrected chi connectivity index (χ0v) is 9.44. The average Bonchev–Trinajstić information content (AvgIpc) is 2.38. The molecule has 18 heavy (non-hydrogen) atoms. The number of rotatable bonds is 1. The van der Waals surface area contributed by atoms with Crippen molar-refractivity contribution in [3.63, 3.8) is 0 Å². The molecule has 3 rings (SSSR count). The highest BCUT2D eigenvalue weighted by Crippen LogP contribution is 2.32. The van der Waals surface area contributed by atoms with Crippen molar-refractivity contribution in [2.45, 2.75) is 0 Å². The van der Waals surface area contributed by atoms with Crippen LogP contribution in [0.15, 0.2) is 42.5 Å². The minimum Gasteiger partial charge on any atom is -0.482 e. The third-order valence-corrected chi connectivity index (χ3v) is 2.79. The van der Waals surface area contributed by atoms with Gasteiger partial charge in [0, 0.05) is 0 Å². The van der Waals surface area contributed by atoms with Crippen molar-refractivity contribution in [3.05, 3.63) is 48.3 Å². The number of benzene rings is 2. The van der Waals surface area contributed by atoms with Gasteiger partial charge < -0.3 is 10.1 Å². The molecule has 2 aromatic carbocycles. The van der Waals surface area contributed by atoms with Gasteiger partial charge in [0.2, 0.25) is 0 Å². The van der Waals surface area contributed by atoms with Crippen LogP contribution >= 0.6 is 0 Å². The third kappa shape index (κ3) is 1.93.